The molecule has 0 heterocycles. The predicted octanol–water partition coefficient (Wildman–Crippen LogP) is 8.07. The molecule has 4 aromatic carbocycles. The van der Waals surface area contributed by atoms with Crippen molar-refractivity contribution in [2.24, 2.45) is 9.98 Å². The second-order valence-electron chi connectivity index (χ2n) is 6.83. The maximum atomic E-state index is 11.5. The van der Waals surface area contributed by atoms with Crippen LogP contribution in [-0.2, 0) is 17.1 Å². The molecule has 4 aromatic rings. The molecule has 0 spiro atoms. The zero-order chi connectivity index (χ0) is 24.5. The second kappa shape index (κ2) is 14.7. The van der Waals surface area contributed by atoms with Gasteiger partial charge in [0, 0.05) is 30.3 Å². The van der Waals surface area contributed by atoms with E-state index in [0.29, 0.717) is 11.1 Å². The number of aliphatic imine (C=N–C) groups is 2. The molecule has 4 nitrogen and oxygen atoms in total. The average molecular weight is 772 g/mol. The zero-order valence-corrected chi connectivity index (χ0v) is 25.0. The SMILES string of the molecule is [Cu+2].[O-]c1ccc(Br)cc1C=Nc1ccc(Br)cc1.[O-]c1ccc(Br)cc1C=Nc1ccc(Br)cc1. The van der Waals surface area contributed by atoms with E-state index in [9.17, 15) is 10.2 Å². The van der Waals surface area contributed by atoms with Gasteiger partial charge in [-0.15, -0.1) is 0 Å². The van der Waals surface area contributed by atoms with Crippen LogP contribution in [-0.4, -0.2) is 12.4 Å². The Morgan fingerprint density at radius 1 is 0.486 bits per heavy atom. The largest absolute Gasteiger partial charge is 2.00 e. The molecule has 0 N–H and O–H groups in total. The molecular formula is C26H16Br4CuN2O2. The molecule has 1 radical (unpaired) electrons. The summed E-state index contributed by atoms with van der Waals surface area (Å²) in [6.07, 6.45) is 3.16. The van der Waals surface area contributed by atoms with E-state index in [1.54, 1.807) is 36.7 Å². The predicted molar refractivity (Wildman–Crippen MR) is 150 cm³/mol. The minimum absolute atomic E-state index is 0. The molecule has 9 heteroatoms. The van der Waals surface area contributed by atoms with Crippen molar-refractivity contribution >= 4 is 87.5 Å². The number of halogens is 4. The Morgan fingerprint density at radius 3 is 1.14 bits per heavy atom. The normalized spacial score (nSPS) is 10.6. The Hall–Kier alpha value is -1.74. The summed E-state index contributed by atoms with van der Waals surface area (Å²) in [4.78, 5) is 8.51. The molecule has 0 amide bonds. The van der Waals surface area contributed by atoms with Crippen LogP contribution >= 0.6 is 63.7 Å². The van der Waals surface area contributed by atoms with Crippen LogP contribution in [0.1, 0.15) is 11.1 Å². The Kier molecular flexibility index (Phi) is 12.4. The number of benzene rings is 4. The summed E-state index contributed by atoms with van der Waals surface area (Å²) in [7, 11) is 0. The number of hydrogen-bond donors (Lipinski definition) is 0. The van der Waals surface area contributed by atoms with Crippen molar-refractivity contribution in [2.75, 3.05) is 0 Å². The summed E-state index contributed by atoms with van der Waals surface area (Å²) in [5.74, 6) is -0.0666. The molecule has 0 bridgehead atoms. The first kappa shape index (κ1) is 29.5. The van der Waals surface area contributed by atoms with Gasteiger partial charge in [-0.2, -0.15) is 0 Å². The van der Waals surface area contributed by atoms with Gasteiger partial charge in [0.15, 0.2) is 0 Å². The molecule has 4 rings (SSSR count). The van der Waals surface area contributed by atoms with Crippen LogP contribution < -0.4 is 10.2 Å². The minimum Gasteiger partial charge on any atom is -0.872 e. The molecule has 0 aromatic heterocycles. The molecule has 181 valence electrons. The van der Waals surface area contributed by atoms with E-state index in [2.05, 4.69) is 73.7 Å². The maximum Gasteiger partial charge on any atom is 2.00 e. The van der Waals surface area contributed by atoms with Crippen molar-refractivity contribution in [2.45, 2.75) is 0 Å². The summed E-state index contributed by atoms with van der Waals surface area (Å²) in [5.41, 5.74) is 2.77. The Bertz CT molecular complexity index is 1210. The number of hydrogen-bond acceptors (Lipinski definition) is 4. The summed E-state index contributed by atoms with van der Waals surface area (Å²) < 4.78 is 3.75. The fourth-order valence-electron chi connectivity index (χ4n) is 2.58. The molecule has 0 atom stereocenters. The van der Waals surface area contributed by atoms with Gasteiger partial charge < -0.3 is 10.2 Å². The summed E-state index contributed by atoms with van der Waals surface area (Å²) in [6.45, 7) is 0. The van der Waals surface area contributed by atoms with Crippen molar-refractivity contribution in [1.82, 2.24) is 0 Å². The third-order valence-corrected chi connectivity index (χ3v) is 6.35. The van der Waals surface area contributed by atoms with Gasteiger partial charge in [-0.05, 0) is 83.9 Å². The maximum absolute atomic E-state index is 11.5. The zero-order valence-electron chi connectivity index (χ0n) is 17.8. The van der Waals surface area contributed by atoms with Gasteiger partial charge >= 0.3 is 17.1 Å². The third-order valence-electron chi connectivity index (χ3n) is 4.30. The van der Waals surface area contributed by atoms with E-state index in [1.807, 2.05) is 48.5 Å². The molecule has 35 heavy (non-hydrogen) atoms. The van der Waals surface area contributed by atoms with E-state index >= 15 is 0 Å². The van der Waals surface area contributed by atoms with Crippen LogP contribution in [0, 0.1) is 0 Å². The van der Waals surface area contributed by atoms with Crippen LogP contribution in [0.25, 0.3) is 0 Å². The van der Waals surface area contributed by atoms with Gasteiger partial charge in [0.2, 0.25) is 0 Å². The van der Waals surface area contributed by atoms with E-state index in [-0.39, 0.29) is 28.6 Å². The molecule has 0 saturated heterocycles. The third kappa shape index (κ3) is 10.0. The standard InChI is InChI=1S/2C13H9Br2NO.Cu/c2*14-10-1-4-12(5-2-10)16-8-9-7-11(15)3-6-13(9)17;/h2*1-8,17H;/q;;+2/p-2. The van der Waals surface area contributed by atoms with Crippen LogP contribution in [0.15, 0.2) is 113 Å². The minimum atomic E-state index is -0.0333. The first-order valence-corrected chi connectivity index (χ1v) is 13.0. The first-order chi connectivity index (χ1) is 16.3. The van der Waals surface area contributed by atoms with Crippen molar-refractivity contribution < 1.29 is 27.3 Å². The fraction of sp³-hybridized carbons (Fsp3) is 0. The van der Waals surface area contributed by atoms with Crippen molar-refractivity contribution in [3.05, 3.63) is 114 Å². The van der Waals surface area contributed by atoms with Crippen LogP contribution in [0.5, 0.6) is 11.5 Å². The van der Waals surface area contributed by atoms with Gasteiger partial charge in [-0.25, -0.2) is 0 Å². The Labute approximate surface area is 248 Å². The molecular weight excluding hydrogens is 755 g/mol. The van der Waals surface area contributed by atoms with Crippen LogP contribution in [0.2, 0.25) is 0 Å². The Morgan fingerprint density at radius 2 is 0.800 bits per heavy atom. The van der Waals surface area contributed by atoms with Gasteiger partial charge in [0.1, 0.15) is 0 Å². The monoisotopic (exact) mass is 767 g/mol. The topological polar surface area (TPSA) is 70.8 Å². The fourth-order valence-corrected chi connectivity index (χ4v) is 3.87. The Balaban J connectivity index is 0.000000240. The molecule has 0 unspecified atom stereocenters. The van der Waals surface area contributed by atoms with Crippen LogP contribution in [0.3, 0.4) is 0 Å². The first-order valence-electron chi connectivity index (χ1n) is 9.82. The molecule has 0 aliphatic carbocycles. The summed E-state index contributed by atoms with van der Waals surface area (Å²) in [6, 6.07) is 25.1. The van der Waals surface area contributed by atoms with E-state index < -0.39 is 0 Å². The average Bonchev–Trinajstić information content (AvgIpc) is 2.83. The van der Waals surface area contributed by atoms with E-state index in [0.717, 1.165) is 29.3 Å². The van der Waals surface area contributed by atoms with Crippen LogP contribution in [0.4, 0.5) is 11.4 Å². The van der Waals surface area contributed by atoms with Crippen molar-refractivity contribution in [3.8, 4) is 11.5 Å². The quantitative estimate of drug-likeness (QED) is 0.156. The molecule has 0 fully saturated rings. The number of nitrogens with zero attached hydrogens (tertiary/aromatic N) is 2. The van der Waals surface area contributed by atoms with Crippen molar-refractivity contribution in [1.29, 1.82) is 0 Å². The van der Waals surface area contributed by atoms with Gasteiger partial charge in [0.25, 0.3) is 0 Å². The second-order valence-corrected chi connectivity index (χ2v) is 10.5. The molecule has 0 aliphatic rings. The molecule has 0 saturated carbocycles. The summed E-state index contributed by atoms with van der Waals surface area (Å²) >= 11 is 13.4. The van der Waals surface area contributed by atoms with Gasteiger partial charge in [0.05, 0.1) is 11.4 Å². The molecule has 0 aliphatic heterocycles. The van der Waals surface area contributed by atoms with Crippen molar-refractivity contribution in [3.63, 3.8) is 0 Å². The van der Waals surface area contributed by atoms with Gasteiger partial charge in [-0.3, -0.25) is 9.98 Å². The summed E-state index contributed by atoms with van der Waals surface area (Å²) in [5, 5.41) is 23.1. The van der Waals surface area contributed by atoms with E-state index in [1.165, 1.54) is 12.1 Å². The smallest absolute Gasteiger partial charge is 0.872 e. The van der Waals surface area contributed by atoms with Gasteiger partial charge in [-0.1, -0.05) is 87.4 Å². The number of rotatable bonds is 4. The van der Waals surface area contributed by atoms with E-state index in [4.69, 9.17) is 0 Å².